The summed E-state index contributed by atoms with van der Waals surface area (Å²) in [6.07, 6.45) is 0.615. The quantitative estimate of drug-likeness (QED) is 0.806. The molecule has 0 aromatic heterocycles. The van der Waals surface area contributed by atoms with Crippen LogP contribution in [0.3, 0.4) is 0 Å². The zero-order chi connectivity index (χ0) is 13.7. The Morgan fingerprint density at radius 3 is 2.95 bits per heavy atom. The first-order valence-electron chi connectivity index (χ1n) is 6.09. The van der Waals surface area contributed by atoms with Gasteiger partial charge in [-0.25, -0.2) is 0 Å². The van der Waals surface area contributed by atoms with Crippen LogP contribution >= 0.6 is 15.9 Å². The molecule has 0 saturated heterocycles. The summed E-state index contributed by atoms with van der Waals surface area (Å²) in [5.74, 6) is 1.34. The predicted molar refractivity (Wildman–Crippen MR) is 73.2 cm³/mol. The molecule has 102 valence electrons. The van der Waals surface area contributed by atoms with Crippen LogP contribution in [-0.2, 0) is 0 Å². The number of ether oxygens (including phenoxy) is 2. The first-order valence-corrected chi connectivity index (χ1v) is 6.88. The zero-order valence-corrected chi connectivity index (χ0v) is 11.9. The van der Waals surface area contributed by atoms with Crippen LogP contribution in [0.15, 0.2) is 16.6 Å². The standard InChI is InChI=1S/C13H15BrN2O3/c14-10-6-9(11(8-15)16-2-1-3-17)7-12-13(10)19-5-4-18-12/h6-7,11,16-17H,1-5H2. The van der Waals surface area contributed by atoms with E-state index in [9.17, 15) is 5.26 Å². The fourth-order valence-corrected chi connectivity index (χ4v) is 2.44. The Morgan fingerprint density at radius 1 is 1.42 bits per heavy atom. The van der Waals surface area contributed by atoms with Gasteiger partial charge in [0, 0.05) is 6.61 Å². The number of nitriles is 1. The molecule has 0 spiro atoms. The highest BCUT2D eigenvalue weighted by atomic mass is 79.9. The molecule has 6 heteroatoms. The Bertz CT molecular complexity index is 488. The fraction of sp³-hybridized carbons (Fsp3) is 0.462. The van der Waals surface area contributed by atoms with E-state index < -0.39 is 6.04 Å². The monoisotopic (exact) mass is 326 g/mol. The minimum absolute atomic E-state index is 0.107. The molecular weight excluding hydrogens is 312 g/mol. The van der Waals surface area contributed by atoms with Gasteiger partial charge in [-0.1, -0.05) is 0 Å². The molecule has 2 N–H and O–H groups in total. The van der Waals surface area contributed by atoms with Crippen molar-refractivity contribution in [2.24, 2.45) is 0 Å². The highest BCUT2D eigenvalue weighted by Crippen LogP contribution is 2.39. The van der Waals surface area contributed by atoms with Gasteiger partial charge in [-0.3, -0.25) is 5.32 Å². The van der Waals surface area contributed by atoms with Gasteiger partial charge < -0.3 is 14.6 Å². The van der Waals surface area contributed by atoms with Crippen LogP contribution in [-0.4, -0.2) is 31.5 Å². The molecule has 19 heavy (non-hydrogen) atoms. The summed E-state index contributed by atoms with van der Waals surface area (Å²) >= 11 is 3.43. The number of rotatable bonds is 5. The average molecular weight is 327 g/mol. The van der Waals surface area contributed by atoms with E-state index >= 15 is 0 Å². The lowest BCUT2D eigenvalue weighted by Gasteiger charge is -2.21. The van der Waals surface area contributed by atoms with Gasteiger partial charge in [0.15, 0.2) is 11.5 Å². The summed E-state index contributed by atoms with van der Waals surface area (Å²) < 4.78 is 11.8. The van der Waals surface area contributed by atoms with Crippen LogP contribution in [0, 0.1) is 11.3 Å². The van der Waals surface area contributed by atoms with Gasteiger partial charge in [-0.2, -0.15) is 5.26 Å². The normalized spacial score (nSPS) is 14.8. The van der Waals surface area contributed by atoms with Crippen molar-refractivity contribution in [3.05, 3.63) is 22.2 Å². The van der Waals surface area contributed by atoms with Crippen molar-refractivity contribution in [1.82, 2.24) is 5.32 Å². The number of hydrogen-bond acceptors (Lipinski definition) is 5. The van der Waals surface area contributed by atoms with Crippen LogP contribution < -0.4 is 14.8 Å². The van der Waals surface area contributed by atoms with E-state index in [1.165, 1.54) is 0 Å². The molecule has 0 radical (unpaired) electrons. The number of nitrogens with one attached hydrogen (secondary N) is 1. The van der Waals surface area contributed by atoms with Crippen LogP contribution in [0.1, 0.15) is 18.0 Å². The Balaban J connectivity index is 2.19. The molecule has 2 rings (SSSR count). The van der Waals surface area contributed by atoms with Crippen molar-refractivity contribution >= 4 is 15.9 Å². The Morgan fingerprint density at radius 2 is 2.21 bits per heavy atom. The van der Waals surface area contributed by atoms with Crippen LogP contribution in [0.5, 0.6) is 11.5 Å². The summed E-state index contributed by atoms with van der Waals surface area (Å²) in [4.78, 5) is 0. The van der Waals surface area contributed by atoms with Gasteiger partial charge in [-0.05, 0) is 46.6 Å². The SMILES string of the molecule is N#CC(NCCCO)c1cc(Br)c2c(c1)OCCO2. The van der Waals surface area contributed by atoms with E-state index in [4.69, 9.17) is 14.6 Å². The molecule has 1 atom stereocenters. The highest BCUT2D eigenvalue weighted by Gasteiger charge is 2.19. The number of aliphatic hydroxyl groups excluding tert-OH is 1. The van der Waals surface area contributed by atoms with E-state index in [-0.39, 0.29) is 6.61 Å². The topological polar surface area (TPSA) is 74.5 Å². The minimum atomic E-state index is -0.432. The molecule has 0 aliphatic carbocycles. The maximum absolute atomic E-state index is 9.21. The highest BCUT2D eigenvalue weighted by molar-refractivity contribution is 9.10. The number of nitrogens with zero attached hydrogens (tertiary/aromatic N) is 1. The Labute approximate surface area is 120 Å². The second kappa shape index (κ2) is 6.75. The molecule has 1 unspecified atom stereocenters. The minimum Gasteiger partial charge on any atom is -0.486 e. The van der Waals surface area contributed by atoms with E-state index in [2.05, 4.69) is 27.3 Å². The maximum Gasteiger partial charge on any atom is 0.175 e. The van der Waals surface area contributed by atoms with Crippen molar-refractivity contribution in [2.45, 2.75) is 12.5 Å². The molecule has 0 saturated carbocycles. The van der Waals surface area contributed by atoms with E-state index in [1.54, 1.807) is 0 Å². The first-order chi connectivity index (χ1) is 9.26. The smallest absolute Gasteiger partial charge is 0.175 e. The van der Waals surface area contributed by atoms with Crippen molar-refractivity contribution in [3.8, 4) is 17.6 Å². The summed E-state index contributed by atoms with van der Waals surface area (Å²) in [5, 5.41) is 21.1. The van der Waals surface area contributed by atoms with Gasteiger partial charge in [0.25, 0.3) is 0 Å². The van der Waals surface area contributed by atoms with E-state index in [0.717, 1.165) is 10.0 Å². The van der Waals surface area contributed by atoms with Crippen LogP contribution in [0.2, 0.25) is 0 Å². The zero-order valence-electron chi connectivity index (χ0n) is 10.4. The molecule has 0 bridgehead atoms. The molecule has 1 aliphatic heterocycles. The fourth-order valence-electron chi connectivity index (χ4n) is 1.86. The number of hydrogen-bond donors (Lipinski definition) is 2. The molecule has 1 heterocycles. The van der Waals surface area contributed by atoms with Gasteiger partial charge in [-0.15, -0.1) is 0 Å². The Kier molecular flexibility index (Phi) is 5.02. The van der Waals surface area contributed by atoms with Crippen LogP contribution in [0.4, 0.5) is 0 Å². The molecule has 1 aliphatic rings. The van der Waals surface area contributed by atoms with Crippen molar-refractivity contribution in [3.63, 3.8) is 0 Å². The van der Waals surface area contributed by atoms with E-state index in [0.29, 0.717) is 37.7 Å². The second-order valence-electron chi connectivity index (χ2n) is 4.12. The van der Waals surface area contributed by atoms with Crippen molar-refractivity contribution in [2.75, 3.05) is 26.4 Å². The molecule has 0 amide bonds. The molecular formula is C13H15BrN2O3. The predicted octanol–water partition coefficient (Wildman–Crippen LogP) is 1.76. The third-order valence-corrected chi connectivity index (χ3v) is 3.35. The maximum atomic E-state index is 9.21. The van der Waals surface area contributed by atoms with Gasteiger partial charge in [0.2, 0.25) is 0 Å². The molecule has 1 aromatic carbocycles. The molecule has 5 nitrogen and oxygen atoms in total. The van der Waals surface area contributed by atoms with Gasteiger partial charge in [0.05, 0.1) is 10.5 Å². The van der Waals surface area contributed by atoms with Crippen molar-refractivity contribution < 1.29 is 14.6 Å². The lowest BCUT2D eigenvalue weighted by Crippen LogP contribution is -2.22. The third kappa shape index (κ3) is 3.38. The molecule has 1 aromatic rings. The van der Waals surface area contributed by atoms with Gasteiger partial charge >= 0.3 is 0 Å². The number of benzene rings is 1. The molecule has 0 fully saturated rings. The first kappa shape index (κ1) is 14.1. The van der Waals surface area contributed by atoms with E-state index in [1.807, 2.05) is 12.1 Å². The number of halogens is 1. The van der Waals surface area contributed by atoms with Crippen LogP contribution in [0.25, 0.3) is 0 Å². The number of aliphatic hydroxyl groups is 1. The largest absolute Gasteiger partial charge is 0.486 e. The van der Waals surface area contributed by atoms with Crippen molar-refractivity contribution in [1.29, 1.82) is 5.26 Å². The lowest BCUT2D eigenvalue weighted by molar-refractivity contribution is 0.170. The summed E-state index contributed by atoms with van der Waals surface area (Å²) in [5.41, 5.74) is 0.816. The van der Waals surface area contributed by atoms with Gasteiger partial charge in [0.1, 0.15) is 19.3 Å². The Hall–Kier alpha value is -1.29. The summed E-state index contributed by atoms with van der Waals surface area (Å²) in [6, 6.07) is 5.44. The summed E-state index contributed by atoms with van der Waals surface area (Å²) in [6.45, 7) is 1.73. The second-order valence-corrected chi connectivity index (χ2v) is 4.97. The number of fused-ring (bicyclic) bond motifs is 1. The lowest BCUT2D eigenvalue weighted by atomic mass is 10.1. The summed E-state index contributed by atoms with van der Waals surface area (Å²) in [7, 11) is 0. The average Bonchev–Trinajstić information content (AvgIpc) is 2.44. The third-order valence-electron chi connectivity index (χ3n) is 2.76.